The maximum Gasteiger partial charge on any atom is 0.338 e. The number of furan rings is 1. The SMILES string of the molecule is CCOC(=O)c1ccc2nc(NC(=O)c3ccc(S(=O)(=O)c4ccc(Br)cc4)o3)sc2c1. The number of carbonyl (C=O) groups excluding carboxylic acids is 2. The Morgan fingerprint density at radius 2 is 1.88 bits per heavy atom. The van der Waals surface area contributed by atoms with Crippen LogP contribution < -0.4 is 5.32 Å². The van der Waals surface area contributed by atoms with Gasteiger partial charge in [-0.15, -0.1) is 0 Å². The number of sulfone groups is 1. The van der Waals surface area contributed by atoms with Crippen LogP contribution in [0.25, 0.3) is 10.2 Å². The summed E-state index contributed by atoms with van der Waals surface area (Å²) in [6.07, 6.45) is 0. The lowest BCUT2D eigenvalue weighted by Gasteiger charge is -2.01. The number of carbonyl (C=O) groups is 2. The topological polar surface area (TPSA) is 116 Å². The molecule has 0 radical (unpaired) electrons. The zero-order valence-electron chi connectivity index (χ0n) is 16.5. The summed E-state index contributed by atoms with van der Waals surface area (Å²) >= 11 is 4.42. The molecule has 0 spiro atoms. The fourth-order valence-corrected chi connectivity index (χ4v) is 5.13. The van der Waals surface area contributed by atoms with Gasteiger partial charge in [-0.3, -0.25) is 10.1 Å². The molecule has 0 saturated heterocycles. The number of esters is 1. The average molecular weight is 535 g/mol. The number of hydrogen-bond donors (Lipinski definition) is 1. The predicted octanol–water partition coefficient (Wildman–Crippen LogP) is 4.91. The Kier molecular flexibility index (Phi) is 6.13. The lowest BCUT2D eigenvalue weighted by molar-refractivity contribution is 0.0526. The number of ether oxygens (including phenoxy) is 1. The Balaban J connectivity index is 1.53. The van der Waals surface area contributed by atoms with E-state index in [0.29, 0.717) is 15.8 Å². The molecule has 164 valence electrons. The van der Waals surface area contributed by atoms with Gasteiger partial charge in [0.15, 0.2) is 10.9 Å². The number of amides is 1. The Bertz CT molecular complexity index is 1420. The zero-order chi connectivity index (χ0) is 22.9. The van der Waals surface area contributed by atoms with E-state index in [4.69, 9.17) is 9.15 Å². The number of benzene rings is 2. The lowest BCUT2D eigenvalue weighted by atomic mass is 10.2. The van der Waals surface area contributed by atoms with Crippen molar-refractivity contribution in [2.45, 2.75) is 16.9 Å². The second-order valence-corrected chi connectivity index (χ2v) is 10.3. The van der Waals surface area contributed by atoms with Crippen LogP contribution in [0.15, 0.2) is 73.5 Å². The fourth-order valence-electron chi connectivity index (χ4n) is 2.79. The Morgan fingerprint density at radius 1 is 1.12 bits per heavy atom. The van der Waals surface area contributed by atoms with E-state index in [2.05, 4.69) is 26.2 Å². The molecule has 1 amide bonds. The fraction of sp³-hybridized carbons (Fsp3) is 0.0952. The van der Waals surface area contributed by atoms with Gasteiger partial charge in [-0.05, 0) is 61.5 Å². The van der Waals surface area contributed by atoms with Gasteiger partial charge in [0, 0.05) is 4.47 Å². The van der Waals surface area contributed by atoms with Gasteiger partial charge < -0.3 is 9.15 Å². The number of anilines is 1. The quantitative estimate of drug-likeness (QED) is 0.349. The summed E-state index contributed by atoms with van der Waals surface area (Å²) in [7, 11) is -3.90. The molecule has 2 heterocycles. The number of nitrogens with zero attached hydrogens (tertiary/aromatic N) is 1. The lowest BCUT2D eigenvalue weighted by Crippen LogP contribution is -2.10. The normalized spacial score (nSPS) is 11.4. The molecule has 2 aromatic carbocycles. The first-order chi connectivity index (χ1) is 15.3. The van der Waals surface area contributed by atoms with Crippen molar-refractivity contribution in [1.82, 2.24) is 4.98 Å². The van der Waals surface area contributed by atoms with Gasteiger partial charge in [-0.25, -0.2) is 18.2 Å². The first-order valence-electron chi connectivity index (χ1n) is 9.27. The summed E-state index contributed by atoms with van der Waals surface area (Å²) in [5, 5.41) is 2.53. The molecule has 2 aromatic heterocycles. The molecule has 4 rings (SSSR count). The molecule has 0 aliphatic heterocycles. The maximum absolute atomic E-state index is 12.7. The van der Waals surface area contributed by atoms with Gasteiger partial charge in [0.25, 0.3) is 5.91 Å². The van der Waals surface area contributed by atoms with E-state index in [-0.39, 0.29) is 27.5 Å². The van der Waals surface area contributed by atoms with Crippen LogP contribution in [0.3, 0.4) is 0 Å². The average Bonchev–Trinajstić information content (AvgIpc) is 3.41. The van der Waals surface area contributed by atoms with Crippen molar-refractivity contribution in [2.24, 2.45) is 0 Å². The van der Waals surface area contributed by atoms with Crippen molar-refractivity contribution >= 4 is 64.3 Å². The molecule has 1 N–H and O–H groups in total. The predicted molar refractivity (Wildman–Crippen MR) is 122 cm³/mol. The minimum absolute atomic E-state index is 0.0468. The van der Waals surface area contributed by atoms with E-state index >= 15 is 0 Å². The minimum atomic E-state index is -3.90. The van der Waals surface area contributed by atoms with Gasteiger partial charge in [-0.2, -0.15) is 0 Å². The van der Waals surface area contributed by atoms with Crippen LogP contribution in [-0.4, -0.2) is 31.9 Å². The summed E-state index contributed by atoms with van der Waals surface area (Å²) in [5.41, 5.74) is 0.978. The van der Waals surface area contributed by atoms with Gasteiger partial charge in [0.05, 0.1) is 27.3 Å². The standard InChI is InChI=1S/C21H15BrN2O6S2/c1-2-29-20(26)12-3-8-15-17(11-12)31-21(23-15)24-19(25)16-9-10-18(30-16)32(27,28)14-6-4-13(22)5-7-14/h3-11H,2H2,1H3,(H,23,24,25). The molecular weight excluding hydrogens is 520 g/mol. The smallest absolute Gasteiger partial charge is 0.338 e. The van der Waals surface area contributed by atoms with Gasteiger partial charge >= 0.3 is 5.97 Å². The van der Waals surface area contributed by atoms with Crippen molar-refractivity contribution < 1.29 is 27.2 Å². The Hall–Kier alpha value is -3.02. The summed E-state index contributed by atoms with van der Waals surface area (Å²) in [4.78, 5) is 28.8. The molecule has 0 unspecified atom stereocenters. The third kappa shape index (κ3) is 4.45. The number of aromatic nitrogens is 1. The third-order valence-electron chi connectivity index (χ3n) is 4.31. The summed E-state index contributed by atoms with van der Waals surface area (Å²) in [5.74, 6) is -1.26. The molecule has 11 heteroatoms. The van der Waals surface area contributed by atoms with Crippen LogP contribution in [-0.2, 0) is 14.6 Å². The largest absolute Gasteiger partial charge is 0.462 e. The van der Waals surface area contributed by atoms with Gasteiger partial charge in [-0.1, -0.05) is 27.3 Å². The van der Waals surface area contributed by atoms with Gasteiger partial charge in [0.2, 0.25) is 14.9 Å². The van der Waals surface area contributed by atoms with Crippen molar-refractivity contribution in [2.75, 3.05) is 11.9 Å². The van der Waals surface area contributed by atoms with E-state index < -0.39 is 21.7 Å². The number of halogens is 1. The van der Waals surface area contributed by atoms with Crippen molar-refractivity contribution in [3.8, 4) is 0 Å². The van der Waals surface area contributed by atoms with E-state index in [0.717, 1.165) is 4.47 Å². The van der Waals surface area contributed by atoms with Crippen molar-refractivity contribution in [1.29, 1.82) is 0 Å². The molecule has 0 aliphatic carbocycles. The van der Waals surface area contributed by atoms with E-state index in [1.165, 1.54) is 35.6 Å². The second kappa shape index (κ2) is 8.85. The first kappa shape index (κ1) is 22.2. The molecule has 0 saturated carbocycles. The van der Waals surface area contributed by atoms with Gasteiger partial charge in [0.1, 0.15) is 0 Å². The third-order valence-corrected chi connectivity index (χ3v) is 7.42. The minimum Gasteiger partial charge on any atom is -0.462 e. The molecular formula is C21H15BrN2O6S2. The summed E-state index contributed by atoms with van der Waals surface area (Å²) < 4.78 is 37.1. The highest BCUT2D eigenvalue weighted by molar-refractivity contribution is 9.10. The molecule has 0 aliphatic rings. The highest BCUT2D eigenvalue weighted by Crippen LogP contribution is 2.28. The summed E-state index contributed by atoms with van der Waals surface area (Å²) in [6.45, 7) is 1.99. The number of rotatable bonds is 6. The van der Waals surface area contributed by atoms with Crippen LogP contribution in [0.5, 0.6) is 0 Å². The Labute approximate surface area is 195 Å². The van der Waals surface area contributed by atoms with E-state index in [9.17, 15) is 18.0 Å². The Morgan fingerprint density at radius 3 is 2.59 bits per heavy atom. The van der Waals surface area contributed by atoms with Crippen LogP contribution >= 0.6 is 27.3 Å². The highest BCUT2D eigenvalue weighted by Gasteiger charge is 2.24. The zero-order valence-corrected chi connectivity index (χ0v) is 19.7. The van der Waals surface area contributed by atoms with Crippen LogP contribution in [0.2, 0.25) is 0 Å². The summed E-state index contributed by atoms with van der Waals surface area (Å²) in [6, 6.07) is 13.5. The molecule has 0 atom stereocenters. The second-order valence-electron chi connectivity index (χ2n) is 6.45. The molecule has 4 aromatic rings. The number of fused-ring (bicyclic) bond motifs is 1. The monoisotopic (exact) mass is 534 g/mol. The highest BCUT2D eigenvalue weighted by atomic mass is 79.9. The van der Waals surface area contributed by atoms with E-state index in [1.54, 1.807) is 37.3 Å². The maximum atomic E-state index is 12.7. The van der Waals surface area contributed by atoms with Crippen molar-refractivity contribution in [3.63, 3.8) is 0 Å². The number of nitrogens with one attached hydrogen (secondary N) is 1. The van der Waals surface area contributed by atoms with Crippen LogP contribution in [0, 0.1) is 0 Å². The molecule has 8 nitrogen and oxygen atoms in total. The molecule has 0 fully saturated rings. The van der Waals surface area contributed by atoms with Crippen LogP contribution in [0.4, 0.5) is 5.13 Å². The number of thiazole rings is 1. The van der Waals surface area contributed by atoms with Crippen LogP contribution in [0.1, 0.15) is 27.8 Å². The molecule has 0 bridgehead atoms. The number of hydrogen-bond acceptors (Lipinski definition) is 8. The van der Waals surface area contributed by atoms with Crippen molar-refractivity contribution in [3.05, 3.63) is 70.4 Å². The van der Waals surface area contributed by atoms with E-state index in [1.807, 2.05) is 0 Å². The molecule has 32 heavy (non-hydrogen) atoms. The first-order valence-corrected chi connectivity index (χ1v) is 12.4.